The van der Waals surface area contributed by atoms with Crippen LogP contribution in [0.3, 0.4) is 0 Å². The van der Waals surface area contributed by atoms with E-state index in [-0.39, 0.29) is 6.61 Å². The average Bonchev–Trinajstić information content (AvgIpc) is 2.02. The van der Waals surface area contributed by atoms with E-state index in [4.69, 9.17) is 5.11 Å². The Labute approximate surface area is 75.8 Å². The Balaban J connectivity index is 3.58. The van der Waals surface area contributed by atoms with Crippen LogP contribution >= 0.6 is 0 Å². The lowest BCUT2D eigenvalue weighted by Gasteiger charge is -2.08. The Hall–Kier alpha value is -0.560. The highest BCUT2D eigenvalue weighted by Crippen LogP contribution is 2.12. The van der Waals surface area contributed by atoms with Crippen molar-refractivity contribution in [1.82, 2.24) is 0 Å². The van der Waals surface area contributed by atoms with Gasteiger partial charge in [-0.05, 0) is 39.0 Å². The molecule has 0 aromatic rings. The molecule has 0 aliphatic rings. The van der Waals surface area contributed by atoms with Crippen molar-refractivity contribution < 1.29 is 5.11 Å². The first kappa shape index (κ1) is 11.4. The predicted molar refractivity (Wildman–Crippen MR) is 54.1 cm³/mol. The van der Waals surface area contributed by atoms with Gasteiger partial charge in [0.1, 0.15) is 0 Å². The van der Waals surface area contributed by atoms with Crippen LogP contribution in [0, 0.1) is 5.92 Å². The van der Waals surface area contributed by atoms with E-state index in [1.54, 1.807) is 0 Å². The normalized spacial score (nSPS) is 12.2. The average molecular weight is 168 g/mol. The van der Waals surface area contributed by atoms with Crippen LogP contribution in [0.2, 0.25) is 0 Å². The van der Waals surface area contributed by atoms with Gasteiger partial charge in [0.05, 0.1) is 0 Å². The maximum Gasteiger partial charge on any atom is 0.0436 e. The molecular formula is C11H20O. The lowest BCUT2D eigenvalue weighted by Crippen LogP contribution is -1.98. The smallest absolute Gasteiger partial charge is 0.0436 e. The first-order valence-corrected chi connectivity index (χ1v) is 4.57. The Morgan fingerprint density at radius 1 is 1.42 bits per heavy atom. The van der Waals surface area contributed by atoms with Gasteiger partial charge in [-0.15, -0.1) is 6.58 Å². The van der Waals surface area contributed by atoms with E-state index < -0.39 is 0 Å². The van der Waals surface area contributed by atoms with E-state index in [0.29, 0.717) is 5.92 Å². The van der Waals surface area contributed by atoms with E-state index in [1.165, 1.54) is 5.57 Å². The maximum absolute atomic E-state index is 8.71. The van der Waals surface area contributed by atoms with E-state index >= 15 is 0 Å². The van der Waals surface area contributed by atoms with Crippen molar-refractivity contribution in [3.63, 3.8) is 0 Å². The number of allylic oxidation sites excluding steroid dienone is 3. The quantitative estimate of drug-likeness (QED) is 0.605. The first-order valence-electron chi connectivity index (χ1n) is 4.57. The van der Waals surface area contributed by atoms with E-state index in [1.807, 2.05) is 6.08 Å². The number of rotatable bonds is 6. The zero-order valence-electron chi connectivity index (χ0n) is 8.21. The minimum atomic E-state index is 0.269. The number of hydrogen-bond donors (Lipinski definition) is 1. The molecule has 1 unspecified atom stereocenters. The predicted octanol–water partition coefficient (Wildman–Crippen LogP) is 2.92. The Kier molecular flexibility index (Phi) is 6.78. The molecule has 0 fully saturated rings. The molecule has 0 aromatic carbocycles. The molecule has 0 heterocycles. The van der Waals surface area contributed by atoms with Gasteiger partial charge in [0.25, 0.3) is 0 Å². The van der Waals surface area contributed by atoms with Crippen LogP contribution in [0.1, 0.15) is 33.1 Å². The summed E-state index contributed by atoms with van der Waals surface area (Å²) in [7, 11) is 0. The van der Waals surface area contributed by atoms with Crippen molar-refractivity contribution >= 4 is 0 Å². The molecule has 0 saturated carbocycles. The summed E-state index contributed by atoms with van der Waals surface area (Å²) in [4.78, 5) is 0. The highest BCUT2D eigenvalue weighted by Gasteiger charge is 2.00. The minimum Gasteiger partial charge on any atom is -0.396 e. The molecule has 0 aliphatic heterocycles. The second kappa shape index (κ2) is 7.11. The van der Waals surface area contributed by atoms with Crippen molar-refractivity contribution in [2.45, 2.75) is 33.1 Å². The number of aliphatic hydroxyl groups is 1. The van der Waals surface area contributed by atoms with E-state index in [2.05, 4.69) is 26.5 Å². The van der Waals surface area contributed by atoms with Gasteiger partial charge in [0, 0.05) is 6.61 Å². The zero-order valence-corrected chi connectivity index (χ0v) is 8.21. The summed E-state index contributed by atoms with van der Waals surface area (Å²) >= 11 is 0. The van der Waals surface area contributed by atoms with Gasteiger partial charge in [-0.3, -0.25) is 0 Å². The van der Waals surface area contributed by atoms with Crippen LogP contribution in [0.5, 0.6) is 0 Å². The van der Waals surface area contributed by atoms with E-state index in [0.717, 1.165) is 19.3 Å². The lowest BCUT2D eigenvalue weighted by molar-refractivity contribution is 0.267. The molecule has 70 valence electrons. The third-order valence-corrected chi connectivity index (χ3v) is 1.92. The second-order valence-electron chi connectivity index (χ2n) is 3.37. The molecule has 0 rings (SSSR count). The molecule has 1 nitrogen and oxygen atoms in total. The SMILES string of the molecule is C=CC(CCO)CCC=C(C)C. The molecule has 0 radical (unpaired) electrons. The largest absolute Gasteiger partial charge is 0.396 e. The molecule has 0 spiro atoms. The van der Waals surface area contributed by atoms with Crippen molar-refractivity contribution in [3.8, 4) is 0 Å². The van der Waals surface area contributed by atoms with Crippen LogP contribution < -0.4 is 0 Å². The summed E-state index contributed by atoms with van der Waals surface area (Å²) in [6, 6.07) is 0. The second-order valence-corrected chi connectivity index (χ2v) is 3.37. The standard InChI is InChI=1S/C11H20O/c1-4-11(8-9-12)7-5-6-10(2)3/h4,6,11-12H,1,5,7-9H2,2-3H3. The maximum atomic E-state index is 8.71. The van der Waals surface area contributed by atoms with Gasteiger partial charge in [-0.25, -0.2) is 0 Å². The van der Waals surface area contributed by atoms with Crippen molar-refractivity contribution in [2.24, 2.45) is 5.92 Å². The fourth-order valence-electron chi connectivity index (χ4n) is 1.13. The van der Waals surface area contributed by atoms with Crippen LogP contribution in [0.15, 0.2) is 24.3 Å². The fourth-order valence-corrected chi connectivity index (χ4v) is 1.13. The molecule has 12 heavy (non-hydrogen) atoms. The molecule has 0 bridgehead atoms. The Morgan fingerprint density at radius 2 is 2.08 bits per heavy atom. The van der Waals surface area contributed by atoms with Crippen molar-refractivity contribution in [2.75, 3.05) is 6.61 Å². The number of aliphatic hydroxyl groups excluding tert-OH is 1. The summed E-state index contributed by atoms with van der Waals surface area (Å²) in [6.45, 7) is 8.23. The molecule has 0 aliphatic carbocycles. The Bertz CT molecular complexity index is 143. The minimum absolute atomic E-state index is 0.269. The van der Waals surface area contributed by atoms with Crippen molar-refractivity contribution in [3.05, 3.63) is 24.3 Å². The van der Waals surface area contributed by atoms with Gasteiger partial charge >= 0.3 is 0 Å². The number of hydrogen-bond acceptors (Lipinski definition) is 1. The van der Waals surface area contributed by atoms with Crippen LogP contribution in [0.25, 0.3) is 0 Å². The fraction of sp³-hybridized carbons (Fsp3) is 0.636. The third kappa shape index (κ3) is 6.17. The Morgan fingerprint density at radius 3 is 2.50 bits per heavy atom. The molecule has 0 saturated heterocycles. The van der Waals surface area contributed by atoms with Crippen LogP contribution in [-0.2, 0) is 0 Å². The molecule has 0 aromatic heterocycles. The van der Waals surface area contributed by atoms with Gasteiger partial charge in [-0.2, -0.15) is 0 Å². The van der Waals surface area contributed by atoms with Gasteiger partial charge in [0.2, 0.25) is 0 Å². The molecule has 0 amide bonds. The monoisotopic (exact) mass is 168 g/mol. The molecule has 1 heteroatoms. The summed E-state index contributed by atoms with van der Waals surface area (Å²) in [6.07, 6.45) is 7.22. The zero-order chi connectivity index (χ0) is 9.40. The van der Waals surface area contributed by atoms with Gasteiger partial charge in [-0.1, -0.05) is 17.7 Å². The highest BCUT2D eigenvalue weighted by atomic mass is 16.3. The van der Waals surface area contributed by atoms with E-state index in [9.17, 15) is 0 Å². The topological polar surface area (TPSA) is 20.2 Å². The molecular weight excluding hydrogens is 148 g/mol. The summed E-state index contributed by atoms with van der Waals surface area (Å²) in [5, 5.41) is 8.71. The first-order chi connectivity index (χ1) is 5.70. The highest BCUT2D eigenvalue weighted by molar-refractivity contribution is 4.94. The summed E-state index contributed by atoms with van der Waals surface area (Å²) in [5.41, 5.74) is 1.36. The summed E-state index contributed by atoms with van der Waals surface area (Å²) < 4.78 is 0. The van der Waals surface area contributed by atoms with Crippen LogP contribution in [0.4, 0.5) is 0 Å². The van der Waals surface area contributed by atoms with Crippen LogP contribution in [-0.4, -0.2) is 11.7 Å². The lowest BCUT2D eigenvalue weighted by atomic mass is 9.99. The van der Waals surface area contributed by atoms with Gasteiger partial charge in [0.15, 0.2) is 0 Å². The molecule has 1 N–H and O–H groups in total. The molecule has 1 atom stereocenters. The van der Waals surface area contributed by atoms with Crippen molar-refractivity contribution in [1.29, 1.82) is 0 Å². The van der Waals surface area contributed by atoms with Gasteiger partial charge < -0.3 is 5.11 Å². The summed E-state index contributed by atoms with van der Waals surface area (Å²) in [5.74, 6) is 0.477. The third-order valence-electron chi connectivity index (χ3n) is 1.92.